The molecule has 1 saturated carbocycles. The molecule has 0 amide bonds. The number of imidazole rings is 1. The van der Waals surface area contributed by atoms with Crippen molar-refractivity contribution in [1.29, 1.82) is 0 Å². The number of fused-ring (bicyclic) bond motifs is 1. The summed E-state index contributed by atoms with van der Waals surface area (Å²) in [6, 6.07) is 11.8. The highest BCUT2D eigenvalue weighted by molar-refractivity contribution is 7.89. The monoisotopic (exact) mass is 514 g/mol. The first-order valence-electron chi connectivity index (χ1n) is 11.6. The van der Waals surface area contributed by atoms with Crippen molar-refractivity contribution in [3.8, 4) is 0 Å². The molecule has 0 radical (unpaired) electrons. The number of esters is 1. The fraction of sp³-hybridized carbons (Fsp3) is 0.400. The molecule has 2 heterocycles. The van der Waals surface area contributed by atoms with Crippen molar-refractivity contribution in [2.24, 2.45) is 0 Å². The summed E-state index contributed by atoms with van der Waals surface area (Å²) in [6.45, 7) is 3.02. The molecular weight excluding hydrogens is 484 g/mol. The van der Waals surface area contributed by atoms with Crippen molar-refractivity contribution >= 4 is 38.8 Å². The first-order valence-corrected chi connectivity index (χ1v) is 13.4. The lowest BCUT2D eigenvalue weighted by Gasteiger charge is -2.44. The Balaban J connectivity index is 1.66. The Morgan fingerprint density at radius 3 is 2.66 bits per heavy atom. The molecule has 8 nitrogen and oxygen atoms in total. The number of thiocarbonyl (C=S) groups is 1. The van der Waals surface area contributed by atoms with E-state index in [0.717, 1.165) is 24.1 Å². The number of likely N-dealkylation sites (N-methyl/N-ethyl adjacent to an activating group) is 1. The van der Waals surface area contributed by atoms with Gasteiger partial charge in [-0.05, 0) is 56.9 Å². The predicted molar refractivity (Wildman–Crippen MR) is 138 cm³/mol. The van der Waals surface area contributed by atoms with Crippen LogP contribution >= 0.6 is 12.2 Å². The standard InChI is InChI=1S/C25H30N4O4S2/c1-24(2,28-35(31,32)19-9-5-4-6-10-19)23(30)33-20-11-7-8-14-25(20,22(34)26-3)18-12-13-21-27-15-16-29(21)17-18/h4-6,9-10,12-13,15-17,20,28H,7-8,11,14H2,1-3H3,(H,26,34). The van der Waals surface area contributed by atoms with Crippen molar-refractivity contribution in [2.45, 2.75) is 61.5 Å². The van der Waals surface area contributed by atoms with Gasteiger partial charge < -0.3 is 14.5 Å². The summed E-state index contributed by atoms with van der Waals surface area (Å²) in [5, 5.41) is 3.12. The molecule has 1 aliphatic rings. The molecule has 2 unspecified atom stereocenters. The van der Waals surface area contributed by atoms with Gasteiger partial charge in [0, 0.05) is 25.6 Å². The third kappa shape index (κ3) is 4.82. The lowest BCUT2D eigenvalue weighted by molar-refractivity contribution is -0.159. The minimum Gasteiger partial charge on any atom is -0.460 e. The number of ether oxygens (including phenoxy) is 1. The molecule has 1 aromatic carbocycles. The normalized spacial score (nSPS) is 20.9. The molecule has 2 aromatic heterocycles. The number of carbonyl (C=O) groups is 1. The second kappa shape index (κ2) is 9.67. The maximum absolute atomic E-state index is 13.4. The van der Waals surface area contributed by atoms with Gasteiger partial charge >= 0.3 is 5.97 Å². The first-order chi connectivity index (χ1) is 16.6. The minimum absolute atomic E-state index is 0.0814. The summed E-state index contributed by atoms with van der Waals surface area (Å²) in [5.74, 6) is -0.657. The molecule has 0 aliphatic heterocycles. The quantitative estimate of drug-likeness (QED) is 0.368. The van der Waals surface area contributed by atoms with Gasteiger partial charge in [-0.25, -0.2) is 13.4 Å². The number of benzene rings is 1. The fourth-order valence-corrected chi connectivity index (χ4v) is 6.48. The lowest BCUT2D eigenvalue weighted by Crippen LogP contribution is -2.57. The van der Waals surface area contributed by atoms with E-state index < -0.39 is 33.1 Å². The SMILES string of the molecule is CNC(=S)C1(c2ccc3nccn3c2)CCCCC1OC(=O)C(C)(C)NS(=O)(=O)c1ccccc1. The average Bonchev–Trinajstić information content (AvgIpc) is 3.32. The summed E-state index contributed by atoms with van der Waals surface area (Å²) in [5.41, 5.74) is -0.513. The van der Waals surface area contributed by atoms with Gasteiger partial charge in [-0.15, -0.1) is 0 Å². The number of hydrogen-bond donors (Lipinski definition) is 2. The van der Waals surface area contributed by atoms with E-state index >= 15 is 0 Å². The maximum atomic E-state index is 13.4. The average molecular weight is 515 g/mol. The topological polar surface area (TPSA) is 102 Å². The molecule has 2 atom stereocenters. The summed E-state index contributed by atoms with van der Waals surface area (Å²) in [7, 11) is -2.15. The van der Waals surface area contributed by atoms with Gasteiger partial charge in [0.05, 0.1) is 15.3 Å². The van der Waals surface area contributed by atoms with Gasteiger partial charge in [0.1, 0.15) is 17.3 Å². The summed E-state index contributed by atoms with van der Waals surface area (Å²) in [6.07, 6.45) is 8.09. The van der Waals surface area contributed by atoms with Crippen molar-refractivity contribution in [3.63, 3.8) is 0 Å². The van der Waals surface area contributed by atoms with Gasteiger partial charge in [-0.1, -0.05) is 42.9 Å². The summed E-state index contributed by atoms with van der Waals surface area (Å²) >= 11 is 5.81. The third-order valence-corrected chi connectivity index (χ3v) is 8.82. The van der Waals surface area contributed by atoms with E-state index in [4.69, 9.17) is 17.0 Å². The third-order valence-electron chi connectivity index (χ3n) is 6.58. The van der Waals surface area contributed by atoms with Crippen molar-refractivity contribution < 1.29 is 17.9 Å². The van der Waals surface area contributed by atoms with Gasteiger partial charge in [-0.3, -0.25) is 4.79 Å². The van der Waals surface area contributed by atoms with Crippen LogP contribution in [-0.2, 0) is 25.0 Å². The zero-order chi connectivity index (χ0) is 25.3. The van der Waals surface area contributed by atoms with Crippen molar-refractivity contribution in [2.75, 3.05) is 7.05 Å². The highest BCUT2D eigenvalue weighted by Crippen LogP contribution is 2.43. The Morgan fingerprint density at radius 2 is 1.94 bits per heavy atom. The number of pyridine rings is 1. The molecule has 1 fully saturated rings. The van der Waals surface area contributed by atoms with E-state index in [-0.39, 0.29) is 4.90 Å². The van der Waals surface area contributed by atoms with E-state index in [1.54, 1.807) is 31.4 Å². The zero-order valence-corrected chi connectivity index (χ0v) is 21.7. The van der Waals surface area contributed by atoms with E-state index in [0.29, 0.717) is 17.8 Å². The molecule has 10 heteroatoms. The zero-order valence-electron chi connectivity index (χ0n) is 20.0. The number of nitrogens with zero attached hydrogens (tertiary/aromatic N) is 2. The fourth-order valence-electron chi connectivity index (χ4n) is 4.74. The molecule has 1 aliphatic carbocycles. The summed E-state index contributed by atoms with van der Waals surface area (Å²) in [4.78, 5) is 18.4. The molecule has 0 bridgehead atoms. The molecule has 0 saturated heterocycles. The van der Waals surface area contributed by atoms with Crippen LogP contribution in [0.25, 0.3) is 5.65 Å². The van der Waals surface area contributed by atoms with Crippen LogP contribution in [0.15, 0.2) is 66.0 Å². The van der Waals surface area contributed by atoms with E-state index in [9.17, 15) is 13.2 Å². The Kier molecular flexibility index (Phi) is 6.99. The smallest absolute Gasteiger partial charge is 0.327 e. The van der Waals surface area contributed by atoms with Crippen LogP contribution < -0.4 is 10.0 Å². The maximum Gasteiger partial charge on any atom is 0.327 e. The van der Waals surface area contributed by atoms with Gasteiger partial charge in [0.2, 0.25) is 10.0 Å². The molecule has 2 N–H and O–H groups in total. The second-order valence-electron chi connectivity index (χ2n) is 9.34. The molecule has 0 spiro atoms. The number of hydrogen-bond acceptors (Lipinski definition) is 6. The van der Waals surface area contributed by atoms with E-state index in [1.807, 2.05) is 28.9 Å². The Bertz CT molecular complexity index is 1340. The molecule has 4 rings (SSSR count). The van der Waals surface area contributed by atoms with Gasteiger partial charge in [0.25, 0.3) is 0 Å². The van der Waals surface area contributed by atoms with E-state index in [2.05, 4.69) is 15.0 Å². The summed E-state index contributed by atoms with van der Waals surface area (Å²) < 4.78 is 36.3. The van der Waals surface area contributed by atoms with Crippen LogP contribution in [0.1, 0.15) is 45.1 Å². The first kappa shape index (κ1) is 25.3. The highest BCUT2D eigenvalue weighted by Gasteiger charge is 2.49. The molecular formula is C25H30N4O4S2. The van der Waals surface area contributed by atoms with Gasteiger partial charge in [0.15, 0.2) is 0 Å². The number of aromatic nitrogens is 2. The van der Waals surface area contributed by atoms with Crippen LogP contribution in [0.4, 0.5) is 0 Å². The number of carbonyl (C=O) groups excluding carboxylic acids is 1. The van der Waals surface area contributed by atoms with Crippen molar-refractivity contribution in [1.82, 2.24) is 19.4 Å². The molecule has 186 valence electrons. The van der Waals surface area contributed by atoms with Crippen LogP contribution in [-0.4, -0.2) is 47.5 Å². The number of rotatable bonds is 7. The van der Waals surface area contributed by atoms with Crippen LogP contribution in [0.3, 0.4) is 0 Å². The van der Waals surface area contributed by atoms with E-state index in [1.165, 1.54) is 26.0 Å². The molecule has 35 heavy (non-hydrogen) atoms. The Morgan fingerprint density at radius 1 is 1.20 bits per heavy atom. The van der Waals surface area contributed by atoms with Crippen molar-refractivity contribution in [3.05, 3.63) is 66.6 Å². The number of nitrogens with one attached hydrogen (secondary N) is 2. The molecule has 3 aromatic rings. The van der Waals surface area contributed by atoms with Crippen LogP contribution in [0.2, 0.25) is 0 Å². The minimum atomic E-state index is -3.92. The highest BCUT2D eigenvalue weighted by atomic mass is 32.2. The van der Waals surface area contributed by atoms with Gasteiger partial charge in [-0.2, -0.15) is 4.72 Å². The van der Waals surface area contributed by atoms with Crippen LogP contribution in [0, 0.1) is 0 Å². The van der Waals surface area contributed by atoms with Crippen LogP contribution in [0.5, 0.6) is 0 Å². The Labute approximate surface area is 211 Å². The second-order valence-corrected chi connectivity index (χ2v) is 11.4. The lowest BCUT2D eigenvalue weighted by atomic mass is 9.67. The Hall–Kier alpha value is -2.82. The predicted octanol–water partition coefficient (Wildman–Crippen LogP) is 3.36. The largest absolute Gasteiger partial charge is 0.460 e. The number of sulfonamides is 1.